The molecular weight excluding hydrogens is 459 g/mol. The Morgan fingerprint density at radius 2 is 1.73 bits per heavy atom. The van der Waals surface area contributed by atoms with Crippen molar-refractivity contribution < 1.29 is 13.9 Å². The predicted molar refractivity (Wildman–Crippen MR) is 131 cm³/mol. The van der Waals surface area contributed by atoms with E-state index < -0.39 is 0 Å². The molecule has 2 aromatic carbocycles. The maximum absolute atomic E-state index is 12.9. The lowest BCUT2D eigenvalue weighted by molar-refractivity contribution is 0.0594. The Labute approximate surface area is 204 Å². The van der Waals surface area contributed by atoms with Gasteiger partial charge in [0.05, 0.1) is 0 Å². The number of rotatable bonds is 8. The van der Waals surface area contributed by atoms with Crippen LogP contribution in [0.25, 0.3) is 0 Å². The lowest BCUT2D eigenvalue weighted by atomic mass is 10.1. The maximum Gasteiger partial charge on any atom is 0.289 e. The number of hydrogen-bond donors (Lipinski definition) is 0. The summed E-state index contributed by atoms with van der Waals surface area (Å²) in [7, 11) is 0. The molecule has 3 aromatic rings. The van der Waals surface area contributed by atoms with Gasteiger partial charge in [-0.05, 0) is 42.3 Å². The Hall–Kier alpha value is -2.73. The van der Waals surface area contributed by atoms with Gasteiger partial charge in [-0.3, -0.25) is 9.69 Å². The van der Waals surface area contributed by atoms with Crippen molar-refractivity contribution >= 4 is 29.1 Å². The molecule has 1 saturated heterocycles. The molecule has 0 radical (unpaired) electrons. The normalized spacial score (nSPS) is 14.3. The molecule has 0 saturated carbocycles. The Bertz CT molecular complexity index is 1100. The van der Waals surface area contributed by atoms with E-state index in [0.717, 1.165) is 36.4 Å². The highest BCUT2D eigenvalue weighted by molar-refractivity contribution is 6.35. The molecule has 1 aliphatic heterocycles. The van der Waals surface area contributed by atoms with Gasteiger partial charge in [-0.15, -0.1) is 6.58 Å². The summed E-state index contributed by atoms with van der Waals surface area (Å²) in [5.41, 5.74) is 1.98. The number of ether oxygens (including phenoxy) is 1. The number of furan rings is 1. The molecule has 33 heavy (non-hydrogen) atoms. The zero-order valence-electron chi connectivity index (χ0n) is 18.3. The monoisotopic (exact) mass is 484 g/mol. The number of halogens is 2. The highest BCUT2D eigenvalue weighted by Crippen LogP contribution is 2.26. The van der Waals surface area contributed by atoms with Crippen LogP contribution in [0.2, 0.25) is 10.0 Å². The van der Waals surface area contributed by atoms with Crippen LogP contribution in [0.4, 0.5) is 0 Å². The number of benzene rings is 2. The van der Waals surface area contributed by atoms with Gasteiger partial charge in [0.15, 0.2) is 5.76 Å². The fourth-order valence-electron chi connectivity index (χ4n) is 3.86. The number of carbonyl (C=O) groups is 1. The van der Waals surface area contributed by atoms with Gasteiger partial charge in [0, 0.05) is 48.3 Å². The standard InChI is InChI=1S/C26H26Cl2N2O3/c1-2-6-19-7-3-4-10-24(19)32-18-20-11-12-25(33-20)26(31)30-15-13-29(14-16-30)17-21-22(27)8-5-9-23(21)28/h2-5,7-12H,1,6,13-18H2. The van der Waals surface area contributed by atoms with E-state index in [1.165, 1.54) is 0 Å². The van der Waals surface area contributed by atoms with E-state index >= 15 is 0 Å². The van der Waals surface area contributed by atoms with Gasteiger partial charge in [-0.25, -0.2) is 0 Å². The number of nitrogens with zero attached hydrogens (tertiary/aromatic N) is 2. The van der Waals surface area contributed by atoms with Crippen LogP contribution < -0.4 is 4.74 Å². The summed E-state index contributed by atoms with van der Waals surface area (Å²) < 4.78 is 11.7. The topological polar surface area (TPSA) is 45.9 Å². The molecule has 0 spiro atoms. The van der Waals surface area contributed by atoms with E-state index in [1.54, 1.807) is 12.1 Å². The Balaban J connectivity index is 1.31. The first-order valence-electron chi connectivity index (χ1n) is 10.9. The third-order valence-corrected chi connectivity index (χ3v) is 6.39. The minimum Gasteiger partial charge on any atom is -0.485 e. The van der Waals surface area contributed by atoms with Crippen molar-refractivity contribution in [3.8, 4) is 5.75 Å². The van der Waals surface area contributed by atoms with Crippen molar-refractivity contribution in [2.45, 2.75) is 19.6 Å². The van der Waals surface area contributed by atoms with Crippen LogP contribution in [0.3, 0.4) is 0 Å². The molecule has 0 aliphatic carbocycles. The van der Waals surface area contributed by atoms with Crippen LogP contribution in [0.15, 0.2) is 71.7 Å². The van der Waals surface area contributed by atoms with Gasteiger partial charge in [-0.2, -0.15) is 0 Å². The largest absolute Gasteiger partial charge is 0.485 e. The van der Waals surface area contributed by atoms with Gasteiger partial charge >= 0.3 is 0 Å². The summed E-state index contributed by atoms with van der Waals surface area (Å²) in [6.45, 7) is 7.41. The molecule has 1 aromatic heterocycles. The van der Waals surface area contributed by atoms with Crippen molar-refractivity contribution in [1.82, 2.24) is 9.80 Å². The third-order valence-electron chi connectivity index (χ3n) is 5.68. The van der Waals surface area contributed by atoms with Crippen LogP contribution >= 0.6 is 23.2 Å². The Kier molecular flexibility index (Phi) is 7.76. The number of amides is 1. The number of hydrogen-bond acceptors (Lipinski definition) is 4. The molecular formula is C26H26Cl2N2O3. The average molecular weight is 485 g/mol. The second-order valence-electron chi connectivity index (χ2n) is 7.92. The first kappa shape index (κ1) is 23.4. The summed E-state index contributed by atoms with van der Waals surface area (Å²) >= 11 is 12.6. The van der Waals surface area contributed by atoms with Crippen molar-refractivity contribution in [1.29, 1.82) is 0 Å². The lowest BCUT2D eigenvalue weighted by Gasteiger charge is -2.34. The molecule has 1 fully saturated rings. The highest BCUT2D eigenvalue weighted by Gasteiger charge is 2.25. The minimum atomic E-state index is -0.108. The van der Waals surface area contributed by atoms with Crippen LogP contribution in [0, 0.1) is 0 Å². The summed E-state index contributed by atoms with van der Waals surface area (Å²) in [6.07, 6.45) is 2.57. The quantitative estimate of drug-likeness (QED) is 0.376. The molecule has 1 amide bonds. The van der Waals surface area contributed by atoms with Gasteiger partial charge in [0.2, 0.25) is 0 Å². The minimum absolute atomic E-state index is 0.108. The van der Waals surface area contributed by atoms with Crippen molar-refractivity contribution in [2.75, 3.05) is 26.2 Å². The van der Waals surface area contributed by atoms with E-state index in [2.05, 4.69) is 11.5 Å². The van der Waals surface area contributed by atoms with Crippen LogP contribution in [-0.4, -0.2) is 41.9 Å². The van der Waals surface area contributed by atoms with Gasteiger partial charge < -0.3 is 14.1 Å². The molecule has 0 N–H and O–H groups in total. The molecule has 0 bridgehead atoms. The number of para-hydroxylation sites is 1. The molecule has 0 unspecified atom stereocenters. The fraction of sp³-hybridized carbons (Fsp3) is 0.269. The van der Waals surface area contributed by atoms with Gasteiger partial charge in [0.25, 0.3) is 5.91 Å². The molecule has 172 valence electrons. The Morgan fingerprint density at radius 1 is 1.00 bits per heavy atom. The molecule has 2 heterocycles. The van der Waals surface area contributed by atoms with Crippen LogP contribution in [-0.2, 0) is 19.6 Å². The first-order chi connectivity index (χ1) is 16.0. The fourth-order valence-corrected chi connectivity index (χ4v) is 4.38. The van der Waals surface area contributed by atoms with E-state index in [9.17, 15) is 4.79 Å². The number of carbonyl (C=O) groups excluding carboxylic acids is 1. The summed E-state index contributed by atoms with van der Waals surface area (Å²) in [5, 5.41) is 1.33. The molecule has 4 rings (SSSR count). The number of piperazine rings is 1. The van der Waals surface area contributed by atoms with E-state index in [-0.39, 0.29) is 12.5 Å². The molecule has 5 nitrogen and oxygen atoms in total. The smallest absolute Gasteiger partial charge is 0.289 e. The van der Waals surface area contributed by atoms with Crippen molar-refractivity contribution in [2.24, 2.45) is 0 Å². The lowest BCUT2D eigenvalue weighted by Crippen LogP contribution is -2.48. The second-order valence-corrected chi connectivity index (χ2v) is 8.74. The second kappa shape index (κ2) is 10.9. The molecule has 1 aliphatic rings. The summed E-state index contributed by atoms with van der Waals surface area (Å²) in [6, 6.07) is 16.9. The number of allylic oxidation sites excluding steroid dienone is 1. The predicted octanol–water partition coefficient (Wildman–Crippen LogP) is 5.85. The van der Waals surface area contributed by atoms with E-state index in [0.29, 0.717) is 41.2 Å². The molecule has 7 heteroatoms. The third kappa shape index (κ3) is 5.80. The zero-order chi connectivity index (χ0) is 23.2. The van der Waals surface area contributed by atoms with E-state index in [1.807, 2.05) is 53.4 Å². The van der Waals surface area contributed by atoms with Crippen LogP contribution in [0.5, 0.6) is 5.75 Å². The molecule has 0 atom stereocenters. The average Bonchev–Trinajstić information content (AvgIpc) is 3.30. The highest BCUT2D eigenvalue weighted by atomic mass is 35.5. The summed E-state index contributed by atoms with van der Waals surface area (Å²) in [4.78, 5) is 17.0. The first-order valence-corrected chi connectivity index (χ1v) is 11.7. The van der Waals surface area contributed by atoms with Gasteiger partial charge in [0.1, 0.15) is 18.1 Å². The Morgan fingerprint density at radius 3 is 2.45 bits per heavy atom. The zero-order valence-corrected chi connectivity index (χ0v) is 19.8. The maximum atomic E-state index is 12.9. The van der Waals surface area contributed by atoms with Crippen LogP contribution in [0.1, 0.15) is 27.4 Å². The van der Waals surface area contributed by atoms with Crippen molar-refractivity contribution in [3.63, 3.8) is 0 Å². The van der Waals surface area contributed by atoms with Crippen molar-refractivity contribution in [3.05, 3.63) is 99.9 Å². The summed E-state index contributed by atoms with van der Waals surface area (Å²) in [5.74, 6) is 1.62. The van der Waals surface area contributed by atoms with E-state index in [4.69, 9.17) is 32.4 Å². The van der Waals surface area contributed by atoms with Gasteiger partial charge in [-0.1, -0.05) is 53.5 Å². The SMILES string of the molecule is C=CCc1ccccc1OCc1ccc(C(=O)N2CCN(Cc3c(Cl)cccc3Cl)CC2)o1.